The summed E-state index contributed by atoms with van der Waals surface area (Å²) >= 11 is 0. The highest BCUT2D eigenvalue weighted by molar-refractivity contribution is 7.85. The summed E-state index contributed by atoms with van der Waals surface area (Å²) in [6, 6.07) is -2.96. The van der Waals surface area contributed by atoms with E-state index in [9.17, 15) is 62.4 Å². The molecule has 23 nitrogen and oxygen atoms in total. The third kappa shape index (κ3) is 18.5. The number of carboxylic acid groups (broad SMARTS) is 1. The Kier molecular flexibility index (Phi) is 21.9. The lowest BCUT2D eigenvalue weighted by atomic mass is 9.80. The Hall–Kier alpha value is -6.33. The quantitative estimate of drug-likeness (QED) is 0.107. The number of phenolic OH excluding ortho intramolecular Hbond substituents is 1. The first-order valence-electron chi connectivity index (χ1n) is 22.2. The molecule has 9 amide bonds. The first kappa shape index (κ1) is 55.0. The van der Waals surface area contributed by atoms with Crippen molar-refractivity contribution in [1.29, 1.82) is 0 Å². The number of aromatic hydroxyl groups is 1. The highest BCUT2D eigenvalue weighted by Crippen LogP contribution is 2.30. The standard InChI is InChI=1S/C43H65N9O14S/c1-24(2)18-27-40(62)50-28(19-25-13-14-31(53)32(20-25)66-3)41(63)52-43(15-6-4-7-16-43)42(64)51-29(21-33(44)54)38(60)46-17-8-5-11-34(55)48-30(37(45)59)22-67(65)23-35(56)47-26(39(61)49-27)10-9-12-36(57)58/h13-14,20,24,26-30,53H,4-12,15-19,21-23H2,1-3H3,(H2,44,54)(H2,45,59)(H,46,60)(H,47,56)(H,48,55)(H,49,61)(H,50,62)(H,51,64)(H,52,63)(H,57,58)/t26-,27-,28-,29-,30-,67?/m0/s1. The number of aliphatic carboxylic acids is 1. The second-order valence-corrected chi connectivity index (χ2v) is 18.7. The van der Waals surface area contributed by atoms with Crippen molar-refractivity contribution in [3.63, 3.8) is 0 Å². The molecule has 1 aromatic carbocycles. The van der Waals surface area contributed by atoms with Gasteiger partial charge in [-0.05, 0) is 68.6 Å². The van der Waals surface area contributed by atoms with Gasteiger partial charge in [0.15, 0.2) is 11.5 Å². The van der Waals surface area contributed by atoms with Crippen LogP contribution in [0.25, 0.3) is 0 Å². The van der Waals surface area contributed by atoms with Crippen LogP contribution in [0.1, 0.15) is 103 Å². The van der Waals surface area contributed by atoms with Crippen LogP contribution in [0.3, 0.4) is 0 Å². The monoisotopic (exact) mass is 963 g/mol. The van der Waals surface area contributed by atoms with Crippen LogP contribution in [0, 0.1) is 5.92 Å². The van der Waals surface area contributed by atoms with Gasteiger partial charge in [0.25, 0.3) is 0 Å². The Balaban J connectivity index is 2.10. The number of ether oxygens (including phenoxy) is 1. The fraction of sp³-hybridized carbons (Fsp3) is 0.628. The topological polar surface area (TPSA) is 374 Å². The number of hydrogen-bond acceptors (Lipinski definition) is 13. The summed E-state index contributed by atoms with van der Waals surface area (Å²) in [6.45, 7) is 3.49. The Morgan fingerprint density at radius 1 is 0.821 bits per heavy atom. The molecule has 1 aliphatic carbocycles. The number of methoxy groups -OCH3 is 1. The molecule has 0 bridgehead atoms. The van der Waals surface area contributed by atoms with Gasteiger partial charge < -0.3 is 63.6 Å². The molecule has 1 aliphatic heterocycles. The summed E-state index contributed by atoms with van der Waals surface area (Å²) < 4.78 is 18.4. The number of phenols is 1. The van der Waals surface area contributed by atoms with Gasteiger partial charge in [-0.25, -0.2) is 0 Å². The molecule has 1 aromatic rings. The number of nitrogens with one attached hydrogen (secondary N) is 7. The summed E-state index contributed by atoms with van der Waals surface area (Å²) in [5.41, 5.74) is 9.69. The van der Waals surface area contributed by atoms with Crippen molar-refractivity contribution in [2.45, 2.75) is 139 Å². The predicted molar refractivity (Wildman–Crippen MR) is 241 cm³/mol. The Labute approximate surface area is 390 Å². The van der Waals surface area contributed by atoms with Crippen molar-refractivity contribution in [3.8, 4) is 11.5 Å². The number of amides is 9. The first-order valence-corrected chi connectivity index (χ1v) is 23.7. The van der Waals surface area contributed by atoms with Gasteiger partial charge in [0.05, 0.1) is 19.3 Å². The van der Waals surface area contributed by atoms with Crippen LogP contribution in [0.15, 0.2) is 18.2 Å². The van der Waals surface area contributed by atoms with Gasteiger partial charge >= 0.3 is 5.97 Å². The number of hydrogen-bond donors (Lipinski definition) is 11. The predicted octanol–water partition coefficient (Wildman–Crippen LogP) is -2.10. The van der Waals surface area contributed by atoms with E-state index in [0.717, 1.165) is 0 Å². The summed E-state index contributed by atoms with van der Waals surface area (Å²) in [4.78, 5) is 132. The average molecular weight is 964 g/mol. The highest BCUT2D eigenvalue weighted by Gasteiger charge is 2.44. The number of primary amides is 2. The van der Waals surface area contributed by atoms with Gasteiger partial charge in [-0.2, -0.15) is 0 Å². The summed E-state index contributed by atoms with van der Waals surface area (Å²) in [6.07, 6.45) is 0.519. The van der Waals surface area contributed by atoms with E-state index in [-0.39, 0.29) is 81.7 Å². The van der Waals surface area contributed by atoms with Crippen LogP contribution in [-0.2, 0) is 65.2 Å². The van der Waals surface area contributed by atoms with E-state index in [2.05, 4.69) is 37.2 Å². The minimum Gasteiger partial charge on any atom is -0.504 e. The fourth-order valence-electron chi connectivity index (χ4n) is 7.70. The van der Waals surface area contributed by atoms with Crippen LogP contribution in [0.4, 0.5) is 0 Å². The van der Waals surface area contributed by atoms with Crippen LogP contribution in [0.5, 0.6) is 11.5 Å². The summed E-state index contributed by atoms with van der Waals surface area (Å²) in [5, 5.41) is 37.7. The first-order chi connectivity index (χ1) is 31.6. The number of carbonyl (C=O) groups excluding carboxylic acids is 9. The zero-order valence-corrected chi connectivity index (χ0v) is 38.9. The molecule has 0 radical (unpaired) electrons. The molecular formula is C43H65N9O14S. The van der Waals surface area contributed by atoms with Crippen molar-refractivity contribution in [2.75, 3.05) is 25.2 Å². The molecule has 6 atom stereocenters. The van der Waals surface area contributed by atoms with Crippen molar-refractivity contribution in [3.05, 3.63) is 23.8 Å². The van der Waals surface area contributed by atoms with E-state index in [1.165, 1.54) is 25.3 Å². The lowest BCUT2D eigenvalue weighted by Gasteiger charge is -2.38. The van der Waals surface area contributed by atoms with Crippen molar-refractivity contribution in [1.82, 2.24) is 37.2 Å². The zero-order chi connectivity index (χ0) is 49.8. The Bertz CT molecular complexity index is 2010. The summed E-state index contributed by atoms with van der Waals surface area (Å²) in [5.74, 6) is -10.7. The lowest BCUT2D eigenvalue weighted by Crippen LogP contribution is -2.66. The van der Waals surface area contributed by atoms with Crippen molar-refractivity contribution < 1.29 is 67.1 Å². The molecule has 1 spiro atoms. The van der Waals surface area contributed by atoms with Crippen molar-refractivity contribution >= 4 is 69.9 Å². The van der Waals surface area contributed by atoms with Crippen LogP contribution >= 0.6 is 0 Å². The zero-order valence-electron chi connectivity index (χ0n) is 38.1. The van der Waals surface area contributed by atoms with E-state index in [4.69, 9.17) is 16.2 Å². The maximum Gasteiger partial charge on any atom is 0.303 e. The van der Waals surface area contributed by atoms with Gasteiger partial charge in [-0.15, -0.1) is 0 Å². The van der Waals surface area contributed by atoms with E-state index < -0.39 is 130 Å². The average Bonchev–Trinajstić information content (AvgIpc) is 3.24. The van der Waals surface area contributed by atoms with E-state index in [1.807, 2.05) is 0 Å². The second kappa shape index (κ2) is 26.7. The molecule has 24 heteroatoms. The molecule has 2 aliphatic rings. The van der Waals surface area contributed by atoms with Gasteiger partial charge in [0, 0.05) is 36.6 Å². The molecule has 1 unspecified atom stereocenters. The number of carboxylic acids is 1. The van der Waals surface area contributed by atoms with Crippen LogP contribution in [0.2, 0.25) is 0 Å². The number of rotatable bonds is 12. The Morgan fingerprint density at radius 3 is 2.12 bits per heavy atom. The smallest absolute Gasteiger partial charge is 0.303 e. The number of benzene rings is 1. The molecule has 67 heavy (non-hydrogen) atoms. The fourth-order valence-corrected chi connectivity index (χ4v) is 8.81. The minimum absolute atomic E-state index is 0.00532. The molecule has 0 aromatic heterocycles. The van der Waals surface area contributed by atoms with Gasteiger partial charge in [0.1, 0.15) is 41.5 Å². The van der Waals surface area contributed by atoms with Crippen molar-refractivity contribution in [2.24, 2.45) is 17.4 Å². The molecule has 13 N–H and O–H groups in total. The molecule has 372 valence electrons. The number of nitrogens with two attached hydrogens (primary N) is 2. The molecule has 1 heterocycles. The summed E-state index contributed by atoms with van der Waals surface area (Å²) in [7, 11) is -0.817. The van der Waals surface area contributed by atoms with Gasteiger partial charge in [-0.1, -0.05) is 39.2 Å². The lowest BCUT2D eigenvalue weighted by molar-refractivity contribution is -0.139. The SMILES string of the molecule is COc1cc(C[C@@H]2NC(=O)[C@H](CC(C)C)NC(=O)[C@H](CCCC(=O)O)NC(=O)CS(=O)C[C@@H](C(N)=O)NC(=O)CCCCNC(=O)[C@H](CC(N)=O)NC(=O)C3(CCCCC3)NC2=O)ccc1O. The normalized spacial score (nSPS) is 24.6. The van der Waals surface area contributed by atoms with E-state index >= 15 is 0 Å². The van der Waals surface area contributed by atoms with Gasteiger partial charge in [0.2, 0.25) is 53.2 Å². The Morgan fingerprint density at radius 2 is 1.49 bits per heavy atom. The highest BCUT2D eigenvalue weighted by atomic mass is 32.2. The maximum atomic E-state index is 14.6. The van der Waals surface area contributed by atoms with Gasteiger partial charge in [-0.3, -0.25) is 52.2 Å². The molecule has 3 rings (SSSR count). The molecular weight excluding hydrogens is 899 g/mol. The largest absolute Gasteiger partial charge is 0.504 e. The van der Waals surface area contributed by atoms with E-state index in [1.54, 1.807) is 13.8 Å². The maximum absolute atomic E-state index is 14.6. The third-order valence-corrected chi connectivity index (χ3v) is 12.5. The molecule has 2 fully saturated rings. The number of carbonyl (C=O) groups is 10. The second-order valence-electron chi connectivity index (χ2n) is 17.2. The molecule has 1 saturated carbocycles. The van der Waals surface area contributed by atoms with E-state index in [0.29, 0.717) is 24.8 Å². The minimum atomic E-state index is -2.13. The van der Waals surface area contributed by atoms with Crippen LogP contribution in [-0.4, -0.2) is 134 Å². The van der Waals surface area contributed by atoms with Crippen LogP contribution < -0.4 is 53.4 Å². The third-order valence-electron chi connectivity index (χ3n) is 11.2. The molecule has 1 saturated heterocycles.